The van der Waals surface area contributed by atoms with Crippen molar-refractivity contribution in [2.24, 2.45) is 4.99 Å². The predicted octanol–water partition coefficient (Wildman–Crippen LogP) is 1.77. The zero-order valence-electron chi connectivity index (χ0n) is 11.4. The monoisotopic (exact) mass is 282 g/mol. The number of nitrogens with zero attached hydrogens (tertiary/aromatic N) is 1. The lowest BCUT2D eigenvalue weighted by Crippen LogP contribution is -2.28. The Bertz CT molecular complexity index is 700. The average molecular weight is 282 g/mol. The maximum Gasteiger partial charge on any atom is 0.273 e. The van der Waals surface area contributed by atoms with E-state index in [-0.39, 0.29) is 5.91 Å². The van der Waals surface area contributed by atoms with Crippen molar-refractivity contribution in [1.29, 1.82) is 0 Å². The first kappa shape index (κ1) is 13.0. The van der Waals surface area contributed by atoms with E-state index < -0.39 is 0 Å². The van der Waals surface area contributed by atoms with E-state index in [2.05, 4.69) is 20.8 Å². The maximum absolute atomic E-state index is 11.8. The second-order valence-corrected chi connectivity index (χ2v) is 4.42. The Hall–Kier alpha value is -3.02. The molecule has 1 amide bonds. The Balaban J connectivity index is 1.92. The van der Waals surface area contributed by atoms with Crippen molar-refractivity contribution in [3.63, 3.8) is 0 Å². The number of amides is 1. The molecule has 0 saturated carbocycles. The highest BCUT2D eigenvalue weighted by Gasteiger charge is 2.23. The second kappa shape index (κ2) is 5.54. The molecule has 3 N–H and O–H groups in total. The van der Waals surface area contributed by atoms with Gasteiger partial charge >= 0.3 is 0 Å². The van der Waals surface area contributed by atoms with E-state index in [4.69, 9.17) is 4.74 Å². The first-order valence-electron chi connectivity index (χ1n) is 6.41. The van der Waals surface area contributed by atoms with Gasteiger partial charge in [-0.2, -0.15) is 0 Å². The maximum atomic E-state index is 11.8. The number of carbonyl (C=O) groups excluding carboxylic acids is 1. The number of H-pyrrole nitrogens is 1. The van der Waals surface area contributed by atoms with E-state index in [1.165, 1.54) is 0 Å². The number of benzene rings is 1. The largest absolute Gasteiger partial charge is 0.497 e. The Morgan fingerprint density at radius 2 is 1.95 bits per heavy atom. The summed E-state index contributed by atoms with van der Waals surface area (Å²) in [4.78, 5) is 19.3. The zero-order valence-corrected chi connectivity index (χ0v) is 11.4. The molecule has 1 aromatic heterocycles. The molecule has 6 nitrogen and oxygen atoms in total. The van der Waals surface area contributed by atoms with Crippen molar-refractivity contribution in [3.05, 3.63) is 53.9 Å². The normalized spacial score (nSPS) is 17.9. The van der Waals surface area contributed by atoms with Crippen LogP contribution in [0.15, 0.2) is 53.2 Å². The van der Waals surface area contributed by atoms with E-state index in [9.17, 15) is 4.79 Å². The minimum atomic E-state index is -0.211. The first-order chi connectivity index (χ1) is 10.3. The van der Waals surface area contributed by atoms with Gasteiger partial charge in [0.2, 0.25) is 0 Å². The van der Waals surface area contributed by atoms with Gasteiger partial charge in [0.15, 0.2) is 5.84 Å². The molecule has 0 spiro atoms. The van der Waals surface area contributed by atoms with Gasteiger partial charge in [-0.05, 0) is 42.5 Å². The molecular weight excluding hydrogens is 268 g/mol. The van der Waals surface area contributed by atoms with E-state index in [1.807, 2.05) is 36.4 Å². The summed E-state index contributed by atoms with van der Waals surface area (Å²) in [5.41, 5.74) is 7.38. The molecule has 2 heterocycles. The summed E-state index contributed by atoms with van der Waals surface area (Å²) in [6.07, 6.45) is 3.55. The van der Waals surface area contributed by atoms with Crippen LogP contribution in [0.25, 0.3) is 6.08 Å². The van der Waals surface area contributed by atoms with E-state index in [0.717, 1.165) is 17.1 Å². The molecule has 6 heteroatoms. The summed E-state index contributed by atoms with van der Waals surface area (Å²) in [5.74, 6) is 1.03. The molecular formula is C15H14N4O2. The number of aromatic nitrogens is 1. The molecule has 1 aliphatic heterocycles. The van der Waals surface area contributed by atoms with Crippen molar-refractivity contribution >= 4 is 23.5 Å². The van der Waals surface area contributed by atoms with Gasteiger partial charge in [0.25, 0.3) is 5.91 Å². The molecule has 0 bridgehead atoms. The number of carbonyl (C=O) groups is 1. The van der Waals surface area contributed by atoms with Gasteiger partial charge in [-0.25, -0.2) is 4.99 Å². The number of aromatic amines is 1. The molecule has 2 aromatic rings. The Kier molecular flexibility index (Phi) is 3.42. The van der Waals surface area contributed by atoms with Crippen LogP contribution in [-0.2, 0) is 4.79 Å². The number of methoxy groups -OCH3 is 1. The van der Waals surface area contributed by atoms with Crippen LogP contribution in [0.1, 0.15) is 5.69 Å². The van der Waals surface area contributed by atoms with E-state index in [0.29, 0.717) is 11.4 Å². The smallest absolute Gasteiger partial charge is 0.273 e. The van der Waals surface area contributed by atoms with Crippen LogP contribution in [0.4, 0.5) is 5.69 Å². The van der Waals surface area contributed by atoms with Crippen LogP contribution in [0.3, 0.4) is 0 Å². The van der Waals surface area contributed by atoms with Gasteiger partial charge in [0, 0.05) is 11.9 Å². The topological polar surface area (TPSA) is 78.5 Å². The third kappa shape index (κ3) is 2.79. The molecule has 1 aromatic carbocycles. The van der Waals surface area contributed by atoms with Crippen molar-refractivity contribution < 1.29 is 9.53 Å². The van der Waals surface area contributed by atoms with Crippen molar-refractivity contribution in [3.8, 4) is 5.75 Å². The van der Waals surface area contributed by atoms with Crippen molar-refractivity contribution in [2.45, 2.75) is 0 Å². The highest BCUT2D eigenvalue weighted by Crippen LogP contribution is 2.19. The Morgan fingerprint density at radius 1 is 1.14 bits per heavy atom. The lowest BCUT2D eigenvalue weighted by atomic mass is 10.2. The molecule has 21 heavy (non-hydrogen) atoms. The number of hydrogen-bond acceptors (Lipinski definition) is 3. The molecule has 106 valence electrons. The highest BCUT2D eigenvalue weighted by molar-refractivity contribution is 6.27. The first-order valence-corrected chi connectivity index (χ1v) is 6.41. The minimum absolute atomic E-state index is 0.211. The standard InChI is InChI=1S/C15H14N4O2/c1-21-12-6-4-10(5-7-12)17-14-13(15(20)19-18-14)9-11-3-2-8-16-11/h2-9,16H,1H3,(H,17,18)(H,19,20)/b13-9+. The Morgan fingerprint density at radius 3 is 2.62 bits per heavy atom. The molecule has 0 radical (unpaired) electrons. The van der Waals surface area contributed by atoms with Gasteiger partial charge < -0.3 is 9.72 Å². The summed E-state index contributed by atoms with van der Waals surface area (Å²) < 4.78 is 5.10. The number of hydrogen-bond donors (Lipinski definition) is 3. The number of nitrogens with one attached hydrogen (secondary N) is 3. The summed E-state index contributed by atoms with van der Waals surface area (Å²) in [5, 5.41) is 0. The molecule has 3 rings (SSSR count). The second-order valence-electron chi connectivity index (χ2n) is 4.42. The van der Waals surface area contributed by atoms with Crippen LogP contribution in [0.5, 0.6) is 5.75 Å². The molecule has 0 aliphatic carbocycles. The third-order valence-electron chi connectivity index (χ3n) is 3.03. The van der Waals surface area contributed by atoms with E-state index in [1.54, 1.807) is 19.4 Å². The van der Waals surface area contributed by atoms with Gasteiger partial charge in [-0.1, -0.05) is 0 Å². The molecule has 1 saturated heterocycles. The van der Waals surface area contributed by atoms with Crippen LogP contribution >= 0.6 is 0 Å². The van der Waals surface area contributed by atoms with Gasteiger partial charge in [0.1, 0.15) is 5.75 Å². The predicted molar refractivity (Wildman–Crippen MR) is 80.1 cm³/mol. The van der Waals surface area contributed by atoms with Crippen molar-refractivity contribution in [2.75, 3.05) is 7.11 Å². The molecule has 0 atom stereocenters. The molecule has 0 unspecified atom stereocenters. The van der Waals surface area contributed by atoms with Crippen molar-refractivity contribution in [1.82, 2.24) is 15.8 Å². The van der Waals surface area contributed by atoms with Crippen LogP contribution in [0.2, 0.25) is 0 Å². The fourth-order valence-electron chi connectivity index (χ4n) is 1.96. The summed E-state index contributed by atoms with van der Waals surface area (Å²) in [6.45, 7) is 0. The Labute approximate surface area is 121 Å². The number of ether oxygens (including phenoxy) is 1. The number of amidine groups is 1. The fraction of sp³-hybridized carbons (Fsp3) is 0.0667. The number of aliphatic imine (C=N–C) groups is 1. The molecule has 1 aliphatic rings. The van der Waals surface area contributed by atoms with Crippen LogP contribution in [0, 0.1) is 0 Å². The minimum Gasteiger partial charge on any atom is -0.497 e. The quantitative estimate of drug-likeness (QED) is 0.751. The van der Waals surface area contributed by atoms with Crippen LogP contribution in [-0.4, -0.2) is 23.8 Å². The summed E-state index contributed by atoms with van der Waals surface area (Å²) in [7, 11) is 1.61. The SMILES string of the molecule is COc1ccc(N=C2NNC(=O)/C2=C/c2ccc[nH]2)cc1. The lowest BCUT2D eigenvalue weighted by Gasteiger charge is -2.01. The lowest BCUT2D eigenvalue weighted by molar-refractivity contribution is -0.116. The van der Waals surface area contributed by atoms with Gasteiger partial charge in [0.05, 0.1) is 18.4 Å². The zero-order chi connectivity index (χ0) is 14.7. The number of rotatable bonds is 3. The molecule has 1 fully saturated rings. The van der Waals surface area contributed by atoms with Gasteiger partial charge in [-0.3, -0.25) is 15.6 Å². The van der Waals surface area contributed by atoms with E-state index >= 15 is 0 Å². The van der Waals surface area contributed by atoms with Crippen LogP contribution < -0.4 is 15.6 Å². The highest BCUT2D eigenvalue weighted by atomic mass is 16.5. The van der Waals surface area contributed by atoms with Gasteiger partial charge in [-0.15, -0.1) is 0 Å². The average Bonchev–Trinajstić information content (AvgIpc) is 3.13. The summed E-state index contributed by atoms with van der Waals surface area (Å²) >= 11 is 0. The third-order valence-corrected chi connectivity index (χ3v) is 3.03. The summed E-state index contributed by atoms with van der Waals surface area (Å²) in [6, 6.07) is 11.0. The number of hydrazine groups is 1. The fourth-order valence-corrected chi connectivity index (χ4v) is 1.96.